The number of amides is 4. The third-order valence-corrected chi connectivity index (χ3v) is 6.13. The zero-order valence-electron chi connectivity index (χ0n) is 22.3. The standard InChI is InChI=1S/C27H35N5O9/c1-14(33)23(29)26(39)30-19(10-11-22(28)36)24(37)31-20(12-15-2-6-17(34)7-3-15)25(38)32-21(27(40)41)13-16-4-8-18(35)9-5-16/h2-9,14,19-21,23,33-35H,10-13,29H2,1H3,(H2,28,36)(H,30,39)(H,31,37)(H,32,38)(H,40,41). The molecule has 0 heterocycles. The molecule has 0 saturated carbocycles. The van der Waals surface area contributed by atoms with Crippen LogP contribution in [0.4, 0.5) is 0 Å². The van der Waals surface area contributed by atoms with Gasteiger partial charge in [0.15, 0.2) is 0 Å². The first-order valence-corrected chi connectivity index (χ1v) is 12.7. The lowest BCUT2D eigenvalue weighted by Crippen LogP contribution is -2.58. The summed E-state index contributed by atoms with van der Waals surface area (Å²) in [5, 5.41) is 45.6. The lowest BCUT2D eigenvalue weighted by molar-refractivity contribution is -0.142. The van der Waals surface area contributed by atoms with Crippen LogP contribution in [-0.2, 0) is 36.8 Å². The minimum absolute atomic E-state index is 0.0197. The van der Waals surface area contributed by atoms with Crippen LogP contribution in [0, 0.1) is 0 Å². The quantitative estimate of drug-likeness (QED) is 0.118. The molecule has 11 N–H and O–H groups in total. The van der Waals surface area contributed by atoms with Crippen molar-refractivity contribution in [3.63, 3.8) is 0 Å². The number of primary amides is 1. The maximum Gasteiger partial charge on any atom is 0.326 e. The Morgan fingerprint density at radius 1 is 0.732 bits per heavy atom. The van der Waals surface area contributed by atoms with E-state index < -0.39 is 59.9 Å². The van der Waals surface area contributed by atoms with Gasteiger partial charge < -0.3 is 47.8 Å². The van der Waals surface area contributed by atoms with Gasteiger partial charge in [-0.25, -0.2) is 4.79 Å². The van der Waals surface area contributed by atoms with Crippen LogP contribution in [0.25, 0.3) is 0 Å². The van der Waals surface area contributed by atoms with Crippen LogP contribution in [-0.4, -0.2) is 80.3 Å². The number of hydrogen-bond donors (Lipinski definition) is 9. The van der Waals surface area contributed by atoms with Crippen molar-refractivity contribution >= 4 is 29.6 Å². The molecule has 2 aromatic carbocycles. The van der Waals surface area contributed by atoms with Gasteiger partial charge >= 0.3 is 5.97 Å². The summed E-state index contributed by atoms with van der Waals surface area (Å²) in [5.41, 5.74) is 11.9. The van der Waals surface area contributed by atoms with E-state index in [2.05, 4.69) is 16.0 Å². The van der Waals surface area contributed by atoms with Crippen LogP contribution in [0.1, 0.15) is 30.9 Å². The number of aliphatic carboxylic acids is 1. The van der Waals surface area contributed by atoms with Crippen molar-refractivity contribution in [2.45, 2.75) is 62.9 Å². The number of carbonyl (C=O) groups excluding carboxylic acids is 4. The highest BCUT2D eigenvalue weighted by Gasteiger charge is 2.31. The number of hydrogen-bond acceptors (Lipinski definition) is 9. The third-order valence-electron chi connectivity index (χ3n) is 6.13. The second-order valence-corrected chi connectivity index (χ2v) is 9.53. The Morgan fingerprint density at radius 3 is 1.59 bits per heavy atom. The van der Waals surface area contributed by atoms with E-state index in [0.717, 1.165) is 0 Å². The summed E-state index contributed by atoms with van der Waals surface area (Å²) in [6.45, 7) is 1.28. The number of carboxylic acids is 1. The Hall–Kier alpha value is -4.69. The highest BCUT2D eigenvalue weighted by molar-refractivity contribution is 5.94. The molecule has 2 aromatic rings. The first kappa shape index (κ1) is 32.5. The van der Waals surface area contributed by atoms with E-state index in [1.807, 2.05) is 0 Å². The summed E-state index contributed by atoms with van der Waals surface area (Å²) in [7, 11) is 0. The number of phenolic OH excluding ortho intramolecular Hbond substituents is 2. The number of carboxylic acid groups (broad SMARTS) is 1. The molecule has 5 unspecified atom stereocenters. The molecule has 5 atom stereocenters. The SMILES string of the molecule is CC(O)C(N)C(=O)NC(CCC(N)=O)C(=O)NC(Cc1ccc(O)cc1)C(=O)NC(Cc1ccc(O)cc1)C(=O)O. The molecule has 0 radical (unpaired) electrons. The van der Waals surface area contributed by atoms with Gasteiger partial charge in [-0.1, -0.05) is 24.3 Å². The molecular formula is C27H35N5O9. The molecular weight excluding hydrogens is 538 g/mol. The Balaban J connectivity index is 2.30. The van der Waals surface area contributed by atoms with Crippen LogP contribution in [0.5, 0.6) is 11.5 Å². The van der Waals surface area contributed by atoms with Crippen LogP contribution in [0.15, 0.2) is 48.5 Å². The van der Waals surface area contributed by atoms with Crippen LogP contribution < -0.4 is 27.4 Å². The Bertz CT molecular complexity index is 1220. The van der Waals surface area contributed by atoms with Crippen LogP contribution >= 0.6 is 0 Å². The minimum atomic E-state index is -1.40. The number of benzene rings is 2. The molecule has 2 rings (SSSR count). The Morgan fingerprint density at radius 2 is 1.15 bits per heavy atom. The minimum Gasteiger partial charge on any atom is -0.508 e. The van der Waals surface area contributed by atoms with Crippen molar-refractivity contribution in [1.82, 2.24) is 16.0 Å². The molecule has 41 heavy (non-hydrogen) atoms. The number of nitrogens with one attached hydrogen (secondary N) is 3. The molecule has 0 aliphatic rings. The fourth-order valence-corrected chi connectivity index (χ4v) is 3.73. The number of aromatic hydroxyl groups is 2. The maximum absolute atomic E-state index is 13.3. The Labute approximate surface area is 235 Å². The first-order valence-electron chi connectivity index (χ1n) is 12.7. The van der Waals surface area contributed by atoms with Gasteiger partial charge in [0.2, 0.25) is 23.6 Å². The molecule has 0 aliphatic heterocycles. The molecule has 0 aromatic heterocycles. The molecule has 222 valence electrons. The highest BCUT2D eigenvalue weighted by atomic mass is 16.4. The summed E-state index contributed by atoms with van der Waals surface area (Å²) in [6, 6.07) is 5.95. The average Bonchev–Trinajstić information content (AvgIpc) is 2.91. The van der Waals surface area contributed by atoms with Gasteiger partial charge in [0.05, 0.1) is 6.10 Å². The van der Waals surface area contributed by atoms with Crippen molar-refractivity contribution in [3.8, 4) is 11.5 Å². The van der Waals surface area contributed by atoms with Gasteiger partial charge in [-0.15, -0.1) is 0 Å². The molecule has 14 nitrogen and oxygen atoms in total. The predicted octanol–water partition coefficient (Wildman–Crippen LogP) is -1.60. The second kappa shape index (κ2) is 15.2. The number of aliphatic hydroxyl groups is 1. The van der Waals surface area contributed by atoms with Gasteiger partial charge in [0.1, 0.15) is 35.7 Å². The fourth-order valence-electron chi connectivity index (χ4n) is 3.73. The zero-order chi connectivity index (χ0) is 30.7. The molecule has 0 spiro atoms. The smallest absolute Gasteiger partial charge is 0.326 e. The van der Waals surface area contributed by atoms with Crippen molar-refractivity contribution in [3.05, 3.63) is 59.7 Å². The second-order valence-electron chi connectivity index (χ2n) is 9.53. The van der Waals surface area contributed by atoms with Crippen molar-refractivity contribution in [2.24, 2.45) is 11.5 Å². The normalized spacial score (nSPS) is 14.5. The molecule has 0 bridgehead atoms. The number of aliphatic hydroxyl groups excluding tert-OH is 1. The molecule has 0 fully saturated rings. The van der Waals surface area contributed by atoms with E-state index in [4.69, 9.17) is 11.5 Å². The van der Waals surface area contributed by atoms with E-state index in [0.29, 0.717) is 11.1 Å². The van der Waals surface area contributed by atoms with Gasteiger partial charge in [0.25, 0.3) is 0 Å². The average molecular weight is 574 g/mol. The zero-order valence-corrected chi connectivity index (χ0v) is 22.3. The van der Waals surface area contributed by atoms with Crippen molar-refractivity contribution < 1.29 is 44.4 Å². The molecule has 14 heteroatoms. The van der Waals surface area contributed by atoms with Gasteiger partial charge in [-0.05, 0) is 48.7 Å². The summed E-state index contributed by atoms with van der Waals surface area (Å²) in [6.07, 6.45) is -2.05. The van der Waals surface area contributed by atoms with Crippen molar-refractivity contribution in [1.29, 1.82) is 0 Å². The van der Waals surface area contributed by atoms with Crippen LogP contribution in [0.3, 0.4) is 0 Å². The topological polar surface area (TPSA) is 254 Å². The van der Waals surface area contributed by atoms with Gasteiger partial charge in [0, 0.05) is 19.3 Å². The van der Waals surface area contributed by atoms with Gasteiger partial charge in [-0.2, -0.15) is 0 Å². The summed E-state index contributed by atoms with van der Waals surface area (Å²) >= 11 is 0. The molecule has 0 aliphatic carbocycles. The first-order chi connectivity index (χ1) is 19.3. The molecule has 4 amide bonds. The predicted molar refractivity (Wildman–Crippen MR) is 145 cm³/mol. The number of carbonyl (C=O) groups is 5. The lowest BCUT2D eigenvalue weighted by atomic mass is 10.0. The summed E-state index contributed by atoms with van der Waals surface area (Å²) in [5.74, 6) is -4.80. The number of rotatable bonds is 15. The monoisotopic (exact) mass is 573 g/mol. The van der Waals surface area contributed by atoms with E-state index in [1.165, 1.54) is 55.5 Å². The van der Waals surface area contributed by atoms with Gasteiger partial charge in [-0.3, -0.25) is 19.2 Å². The fraction of sp³-hybridized carbons (Fsp3) is 0.370. The van der Waals surface area contributed by atoms with E-state index in [1.54, 1.807) is 0 Å². The summed E-state index contributed by atoms with van der Waals surface area (Å²) in [4.78, 5) is 62.3. The van der Waals surface area contributed by atoms with E-state index in [9.17, 15) is 44.4 Å². The lowest BCUT2D eigenvalue weighted by Gasteiger charge is -2.25. The Kier molecular flexibility index (Phi) is 12.0. The third kappa shape index (κ3) is 10.8. The van der Waals surface area contributed by atoms with E-state index >= 15 is 0 Å². The molecule has 0 saturated heterocycles. The largest absolute Gasteiger partial charge is 0.508 e. The summed E-state index contributed by atoms with van der Waals surface area (Å²) < 4.78 is 0. The van der Waals surface area contributed by atoms with Crippen LogP contribution in [0.2, 0.25) is 0 Å². The number of phenols is 2. The van der Waals surface area contributed by atoms with E-state index in [-0.39, 0.29) is 37.2 Å². The number of nitrogens with two attached hydrogens (primary N) is 2. The maximum atomic E-state index is 13.3. The van der Waals surface area contributed by atoms with Crippen molar-refractivity contribution in [2.75, 3.05) is 0 Å². The highest BCUT2D eigenvalue weighted by Crippen LogP contribution is 2.14.